The van der Waals surface area contributed by atoms with Crippen molar-refractivity contribution in [3.05, 3.63) is 65.7 Å². The normalized spacial score (nSPS) is 12.1. The molecule has 148 valence electrons. The third-order valence-electron chi connectivity index (χ3n) is 4.06. The van der Waals surface area contributed by atoms with Crippen molar-refractivity contribution in [1.29, 1.82) is 0 Å². The Morgan fingerprint density at radius 2 is 1.81 bits per heavy atom. The lowest BCUT2D eigenvalue weighted by molar-refractivity contribution is 0.183. The average Bonchev–Trinajstić information content (AvgIpc) is 2.66. The van der Waals surface area contributed by atoms with Crippen molar-refractivity contribution in [1.82, 2.24) is 10.2 Å². The van der Waals surface area contributed by atoms with Crippen LogP contribution in [0.4, 0.5) is 0 Å². The fourth-order valence-corrected chi connectivity index (χ4v) is 2.78. The zero-order valence-corrected chi connectivity index (χ0v) is 18.6. The molecule has 1 unspecified atom stereocenters. The first kappa shape index (κ1) is 23.2. The highest BCUT2D eigenvalue weighted by atomic mass is 127. The highest BCUT2D eigenvalue weighted by molar-refractivity contribution is 14.0. The maximum Gasteiger partial charge on any atom is 0.194 e. The SMILES string of the molecule is CCNC(=NCC(O)Cc1ccccc1)N(C)Cc1ccccc1OC.I. The van der Waals surface area contributed by atoms with E-state index < -0.39 is 6.10 Å². The molecule has 0 aliphatic heterocycles. The van der Waals surface area contributed by atoms with Gasteiger partial charge in [-0.15, -0.1) is 24.0 Å². The highest BCUT2D eigenvalue weighted by Crippen LogP contribution is 2.18. The summed E-state index contributed by atoms with van der Waals surface area (Å²) < 4.78 is 5.42. The molecule has 0 heterocycles. The van der Waals surface area contributed by atoms with E-state index in [1.165, 1.54) is 0 Å². The molecule has 0 radical (unpaired) electrons. The number of nitrogens with zero attached hydrogens (tertiary/aromatic N) is 2. The zero-order valence-electron chi connectivity index (χ0n) is 16.3. The smallest absolute Gasteiger partial charge is 0.194 e. The number of nitrogens with one attached hydrogen (secondary N) is 1. The molecule has 0 saturated carbocycles. The lowest BCUT2D eigenvalue weighted by Gasteiger charge is -2.23. The van der Waals surface area contributed by atoms with Crippen molar-refractivity contribution >= 4 is 29.9 Å². The topological polar surface area (TPSA) is 57.1 Å². The van der Waals surface area contributed by atoms with Crippen LogP contribution < -0.4 is 10.1 Å². The number of hydrogen-bond donors (Lipinski definition) is 2. The first-order valence-electron chi connectivity index (χ1n) is 8.97. The predicted octanol–water partition coefficient (Wildman–Crippen LogP) is 3.31. The number of halogens is 1. The average molecular weight is 483 g/mol. The van der Waals surface area contributed by atoms with Crippen LogP contribution in [0.15, 0.2) is 59.6 Å². The molecule has 0 fully saturated rings. The molecule has 0 bridgehead atoms. The number of guanidine groups is 1. The molecule has 0 aliphatic carbocycles. The molecule has 2 N–H and O–H groups in total. The van der Waals surface area contributed by atoms with E-state index in [0.717, 1.165) is 29.4 Å². The van der Waals surface area contributed by atoms with E-state index in [-0.39, 0.29) is 24.0 Å². The Morgan fingerprint density at radius 3 is 2.48 bits per heavy atom. The summed E-state index contributed by atoms with van der Waals surface area (Å²) in [4.78, 5) is 6.64. The maximum absolute atomic E-state index is 10.3. The number of rotatable bonds is 8. The fourth-order valence-electron chi connectivity index (χ4n) is 2.78. The van der Waals surface area contributed by atoms with Gasteiger partial charge in [0.15, 0.2) is 5.96 Å². The van der Waals surface area contributed by atoms with Crippen LogP contribution in [-0.2, 0) is 13.0 Å². The van der Waals surface area contributed by atoms with Gasteiger partial charge in [-0.1, -0.05) is 48.5 Å². The van der Waals surface area contributed by atoms with Gasteiger partial charge in [0.1, 0.15) is 5.75 Å². The van der Waals surface area contributed by atoms with Gasteiger partial charge in [-0.3, -0.25) is 4.99 Å². The summed E-state index contributed by atoms with van der Waals surface area (Å²) in [7, 11) is 3.66. The lowest BCUT2D eigenvalue weighted by atomic mass is 10.1. The standard InChI is InChI=1S/C21H29N3O2.HI/c1-4-22-21(23-15-19(25)14-17-10-6-5-7-11-17)24(2)16-18-12-8-9-13-20(18)26-3;/h5-13,19,25H,4,14-16H2,1-3H3,(H,22,23);1H. The minimum atomic E-state index is -0.509. The van der Waals surface area contributed by atoms with Gasteiger partial charge in [-0.05, 0) is 18.6 Å². The largest absolute Gasteiger partial charge is 0.496 e. The summed E-state index contributed by atoms with van der Waals surface area (Å²) in [5, 5.41) is 13.6. The summed E-state index contributed by atoms with van der Waals surface area (Å²) in [5.74, 6) is 1.63. The van der Waals surface area contributed by atoms with Gasteiger partial charge in [0.05, 0.1) is 19.8 Å². The van der Waals surface area contributed by atoms with Crippen molar-refractivity contribution in [2.24, 2.45) is 4.99 Å². The minimum absolute atomic E-state index is 0. The Kier molecular flexibility index (Phi) is 10.8. The molecule has 1 atom stereocenters. The van der Waals surface area contributed by atoms with Crippen molar-refractivity contribution in [2.75, 3.05) is 27.2 Å². The molecule has 27 heavy (non-hydrogen) atoms. The quantitative estimate of drug-likeness (QED) is 0.344. The molecule has 0 spiro atoms. The van der Waals surface area contributed by atoms with Crippen LogP contribution in [0.2, 0.25) is 0 Å². The molecular weight excluding hydrogens is 453 g/mol. The van der Waals surface area contributed by atoms with Crippen molar-refractivity contribution in [2.45, 2.75) is 26.0 Å². The maximum atomic E-state index is 10.3. The van der Waals surface area contributed by atoms with E-state index in [1.807, 2.05) is 73.5 Å². The molecule has 0 aromatic heterocycles. The summed E-state index contributed by atoms with van der Waals surface area (Å²) in [6.07, 6.45) is 0.0886. The van der Waals surface area contributed by atoms with Gasteiger partial charge in [0.2, 0.25) is 0 Å². The lowest BCUT2D eigenvalue weighted by Crippen LogP contribution is -2.39. The Labute approximate surface area is 179 Å². The third-order valence-corrected chi connectivity index (χ3v) is 4.06. The van der Waals surface area contributed by atoms with Gasteiger partial charge >= 0.3 is 0 Å². The predicted molar refractivity (Wildman–Crippen MR) is 122 cm³/mol. The van der Waals surface area contributed by atoms with E-state index in [1.54, 1.807) is 7.11 Å². The second kappa shape index (κ2) is 12.6. The Morgan fingerprint density at radius 1 is 1.15 bits per heavy atom. The monoisotopic (exact) mass is 483 g/mol. The minimum Gasteiger partial charge on any atom is -0.496 e. The molecular formula is C21H30IN3O2. The number of aliphatic hydroxyl groups is 1. The summed E-state index contributed by atoms with van der Waals surface area (Å²) >= 11 is 0. The number of para-hydroxylation sites is 1. The van der Waals surface area contributed by atoms with Crippen molar-refractivity contribution in [3.8, 4) is 5.75 Å². The fraction of sp³-hybridized carbons (Fsp3) is 0.381. The molecule has 0 amide bonds. The zero-order chi connectivity index (χ0) is 18.8. The number of aliphatic imine (C=N–C) groups is 1. The molecule has 2 aromatic rings. The third kappa shape index (κ3) is 7.76. The van der Waals surface area contributed by atoms with E-state index in [2.05, 4.69) is 10.3 Å². The second-order valence-electron chi connectivity index (χ2n) is 6.21. The first-order valence-corrected chi connectivity index (χ1v) is 8.97. The Balaban J connectivity index is 0.00000364. The second-order valence-corrected chi connectivity index (χ2v) is 6.21. The summed E-state index contributed by atoms with van der Waals surface area (Å²) in [6, 6.07) is 17.9. The van der Waals surface area contributed by atoms with Crippen molar-refractivity contribution < 1.29 is 9.84 Å². The van der Waals surface area contributed by atoms with Crippen LogP contribution in [0.25, 0.3) is 0 Å². The van der Waals surface area contributed by atoms with Crippen LogP contribution >= 0.6 is 24.0 Å². The number of hydrogen-bond acceptors (Lipinski definition) is 3. The van der Waals surface area contributed by atoms with Crippen LogP contribution in [0, 0.1) is 0 Å². The van der Waals surface area contributed by atoms with E-state index in [9.17, 15) is 5.11 Å². The van der Waals surface area contributed by atoms with Crippen LogP contribution in [-0.4, -0.2) is 49.3 Å². The summed E-state index contributed by atoms with van der Waals surface area (Å²) in [6.45, 7) is 3.83. The Bertz CT molecular complexity index is 695. The molecule has 0 aliphatic rings. The van der Waals surface area contributed by atoms with E-state index in [4.69, 9.17) is 4.74 Å². The van der Waals surface area contributed by atoms with Gasteiger partial charge < -0.3 is 20.1 Å². The van der Waals surface area contributed by atoms with Crippen LogP contribution in [0.1, 0.15) is 18.1 Å². The molecule has 2 aromatic carbocycles. The Hall–Kier alpha value is -1.80. The van der Waals surface area contributed by atoms with Gasteiger partial charge in [0, 0.05) is 32.1 Å². The van der Waals surface area contributed by atoms with E-state index in [0.29, 0.717) is 19.5 Å². The molecule has 0 saturated heterocycles. The number of ether oxygens (including phenoxy) is 1. The molecule has 2 rings (SSSR count). The highest BCUT2D eigenvalue weighted by Gasteiger charge is 2.11. The van der Waals surface area contributed by atoms with Gasteiger partial charge in [-0.25, -0.2) is 0 Å². The summed E-state index contributed by atoms with van der Waals surface area (Å²) in [5.41, 5.74) is 2.20. The number of aliphatic hydroxyl groups excluding tert-OH is 1. The first-order chi connectivity index (χ1) is 12.6. The van der Waals surface area contributed by atoms with Gasteiger partial charge in [-0.2, -0.15) is 0 Å². The van der Waals surface area contributed by atoms with E-state index >= 15 is 0 Å². The van der Waals surface area contributed by atoms with Crippen molar-refractivity contribution in [3.63, 3.8) is 0 Å². The number of methoxy groups -OCH3 is 1. The molecule has 6 heteroatoms. The van der Waals surface area contributed by atoms with Crippen LogP contribution in [0.3, 0.4) is 0 Å². The number of benzene rings is 2. The van der Waals surface area contributed by atoms with Crippen LogP contribution in [0.5, 0.6) is 5.75 Å². The molecule has 5 nitrogen and oxygen atoms in total. The van der Waals surface area contributed by atoms with Gasteiger partial charge in [0.25, 0.3) is 0 Å².